The molecule has 0 bridgehead atoms. The van der Waals surface area contributed by atoms with Crippen LogP contribution in [0.1, 0.15) is 22.7 Å². The maximum absolute atomic E-state index is 9.94. The molecule has 1 unspecified atom stereocenters. The van der Waals surface area contributed by atoms with Crippen molar-refractivity contribution in [1.29, 1.82) is 0 Å². The molecular weight excluding hydrogens is 230 g/mol. The highest BCUT2D eigenvalue weighted by atomic mass is 32.1. The van der Waals surface area contributed by atoms with Crippen LogP contribution in [0.5, 0.6) is 0 Å². The van der Waals surface area contributed by atoms with Crippen LogP contribution in [-0.2, 0) is 12.8 Å². The summed E-state index contributed by atoms with van der Waals surface area (Å²) in [6.07, 6.45) is 2.08. The van der Waals surface area contributed by atoms with Crippen LogP contribution >= 0.6 is 11.3 Å². The number of aromatic nitrogens is 1. The van der Waals surface area contributed by atoms with Gasteiger partial charge in [-0.15, -0.1) is 11.3 Å². The summed E-state index contributed by atoms with van der Waals surface area (Å²) < 4.78 is 0. The zero-order chi connectivity index (χ0) is 12.1. The van der Waals surface area contributed by atoms with E-state index in [1.807, 2.05) is 30.5 Å². The predicted octanol–water partition coefficient (Wildman–Crippen LogP) is 2.99. The molecule has 1 heterocycles. The summed E-state index contributed by atoms with van der Waals surface area (Å²) >= 11 is 1.64. The predicted molar refractivity (Wildman–Crippen MR) is 71.3 cm³/mol. The summed E-state index contributed by atoms with van der Waals surface area (Å²) in [5, 5.41) is 13.0. The second-order valence-electron chi connectivity index (χ2n) is 4.24. The molecule has 0 saturated carbocycles. The van der Waals surface area contributed by atoms with Crippen molar-refractivity contribution in [3.05, 3.63) is 52.0 Å². The fourth-order valence-electron chi connectivity index (χ4n) is 1.82. The lowest BCUT2D eigenvalue weighted by Gasteiger charge is -2.08. The van der Waals surface area contributed by atoms with Gasteiger partial charge in [0.1, 0.15) is 0 Å². The number of thiazole rings is 1. The highest BCUT2D eigenvalue weighted by molar-refractivity contribution is 7.09. The summed E-state index contributed by atoms with van der Waals surface area (Å²) in [6.45, 7) is 1.99. The number of rotatable bonds is 5. The molecule has 17 heavy (non-hydrogen) atoms. The summed E-state index contributed by atoms with van der Waals surface area (Å²) in [5.74, 6) is 0. The van der Waals surface area contributed by atoms with Crippen LogP contribution in [0.3, 0.4) is 0 Å². The number of benzene rings is 1. The third-order valence-electron chi connectivity index (χ3n) is 2.72. The van der Waals surface area contributed by atoms with E-state index in [1.54, 1.807) is 11.3 Å². The van der Waals surface area contributed by atoms with E-state index in [9.17, 15) is 5.11 Å². The molecule has 1 N–H and O–H groups in total. The Morgan fingerprint density at radius 2 is 2.06 bits per heavy atom. The minimum atomic E-state index is -0.295. The van der Waals surface area contributed by atoms with E-state index in [-0.39, 0.29) is 6.10 Å². The van der Waals surface area contributed by atoms with E-state index in [4.69, 9.17) is 0 Å². The molecule has 0 spiro atoms. The van der Waals surface area contributed by atoms with Gasteiger partial charge in [-0.2, -0.15) is 0 Å². The Hall–Kier alpha value is -1.19. The van der Waals surface area contributed by atoms with Gasteiger partial charge in [0.25, 0.3) is 0 Å². The largest absolute Gasteiger partial charge is 0.393 e. The smallest absolute Gasteiger partial charge is 0.0897 e. The van der Waals surface area contributed by atoms with Crippen LogP contribution in [0, 0.1) is 6.92 Å². The highest BCUT2D eigenvalue weighted by Crippen LogP contribution is 2.12. The quantitative estimate of drug-likeness (QED) is 0.881. The zero-order valence-corrected chi connectivity index (χ0v) is 10.8. The molecule has 2 nitrogen and oxygen atoms in total. The standard InChI is InChI=1S/C14H17NOS/c1-11-15-13(10-17-11)9-14(16)8-7-12-5-3-2-4-6-12/h2-6,10,14,16H,7-9H2,1H3. The Morgan fingerprint density at radius 1 is 1.29 bits per heavy atom. The lowest BCUT2D eigenvalue weighted by atomic mass is 10.0. The first kappa shape index (κ1) is 12.3. The van der Waals surface area contributed by atoms with Gasteiger partial charge >= 0.3 is 0 Å². The number of aryl methyl sites for hydroxylation is 2. The van der Waals surface area contributed by atoms with Crippen molar-refractivity contribution >= 4 is 11.3 Å². The molecule has 1 aromatic carbocycles. The van der Waals surface area contributed by atoms with Crippen molar-refractivity contribution in [1.82, 2.24) is 4.98 Å². The minimum Gasteiger partial charge on any atom is -0.393 e. The average Bonchev–Trinajstić information content (AvgIpc) is 2.73. The van der Waals surface area contributed by atoms with Crippen LogP contribution < -0.4 is 0 Å². The molecule has 0 amide bonds. The first-order valence-corrected chi connectivity index (χ1v) is 6.75. The highest BCUT2D eigenvalue weighted by Gasteiger charge is 2.08. The molecule has 3 heteroatoms. The number of aliphatic hydroxyl groups is 1. The Morgan fingerprint density at radius 3 is 2.71 bits per heavy atom. The van der Waals surface area contributed by atoms with E-state index in [2.05, 4.69) is 17.1 Å². The molecule has 1 atom stereocenters. The molecule has 90 valence electrons. The zero-order valence-electron chi connectivity index (χ0n) is 9.97. The van der Waals surface area contributed by atoms with Gasteiger partial charge in [-0.25, -0.2) is 4.98 Å². The van der Waals surface area contributed by atoms with Gasteiger partial charge in [0, 0.05) is 11.8 Å². The first-order valence-electron chi connectivity index (χ1n) is 5.87. The number of hydrogen-bond donors (Lipinski definition) is 1. The average molecular weight is 247 g/mol. The van der Waals surface area contributed by atoms with E-state index in [0.29, 0.717) is 6.42 Å². The second-order valence-corrected chi connectivity index (χ2v) is 5.30. The Labute approximate surface area is 106 Å². The third-order valence-corrected chi connectivity index (χ3v) is 3.54. The maximum atomic E-state index is 9.94. The van der Waals surface area contributed by atoms with Gasteiger partial charge < -0.3 is 5.11 Å². The molecule has 1 aromatic heterocycles. The van der Waals surface area contributed by atoms with Gasteiger partial charge in [0.15, 0.2) is 0 Å². The van der Waals surface area contributed by atoms with Crippen LogP contribution in [0.25, 0.3) is 0 Å². The van der Waals surface area contributed by atoms with E-state index in [1.165, 1.54) is 5.56 Å². The Kier molecular flexibility index (Phi) is 4.29. The summed E-state index contributed by atoms with van der Waals surface area (Å²) in [4.78, 5) is 4.36. The third kappa shape index (κ3) is 3.95. The van der Waals surface area contributed by atoms with Crippen molar-refractivity contribution in [3.63, 3.8) is 0 Å². The van der Waals surface area contributed by atoms with Crippen molar-refractivity contribution in [2.24, 2.45) is 0 Å². The van der Waals surface area contributed by atoms with Crippen LogP contribution in [0.15, 0.2) is 35.7 Å². The van der Waals surface area contributed by atoms with Crippen LogP contribution in [0.4, 0.5) is 0 Å². The van der Waals surface area contributed by atoms with Gasteiger partial charge in [0.05, 0.1) is 16.8 Å². The normalized spacial score (nSPS) is 12.6. The van der Waals surface area contributed by atoms with Crippen LogP contribution in [0.2, 0.25) is 0 Å². The van der Waals surface area contributed by atoms with Crippen molar-refractivity contribution in [2.45, 2.75) is 32.3 Å². The summed E-state index contributed by atoms with van der Waals surface area (Å²) in [7, 11) is 0. The lowest BCUT2D eigenvalue weighted by molar-refractivity contribution is 0.164. The van der Waals surface area contributed by atoms with Crippen LogP contribution in [-0.4, -0.2) is 16.2 Å². The molecule has 2 aromatic rings. The second kappa shape index (κ2) is 5.94. The van der Waals surface area contributed by atoms with Gasteiger partial charge in [0.2, 0.25) is 0 Å². The molecular formula is C14H17NOS. The lowest BCUT2D eigenvalue weighted by Crippen LogP contribution is -2.11. The van der Waals surface area contributed by atoms with Gasteiger partial charge in [-0.1, -0.05) is 30.3 Å². The first-order chi connectivity index (χ1) is 8.24. The van der Waals surface area contributed by atoms with Gasteiger partial charge in [-0.05, 0) is 25.3 Å². The minimum absolute atomic E-state index is 0.295. The fraction of sp³-hybridized carbons (Fsp3) is 0.357. The molecule has 0 aliphatic rings. The van der Waals surface area contributed by atoms with E-state index in [0.717, 1.165) is 23.5 Å². The molecule has 0 aliphatic carbocycles. The number of aliphatic hydroxyl groups excluding tert-OH is 1. The number of hydrogen-bond acceptors (Lipinski definition) is 3. The Balaban J connectivity index is 1.80. The maximum Gasteiger partial charge on any atom is 0.0897 e. The topological polar surface area (TPSA) is 33.1 Å². The molecule has 0 radical (unpaired) electrons. The van der Waals surface area contributed by atoms with Crippen molar-refractivity contribution in [3.8, 4) is 0 Å². The summed E-state index contributed by atoms with van der Waals surface area (Å²) in [6, 6.07) is 10.3. The SMILES string of the molecule is Cc1nc(CC(O)CCc2ccccc2)cs1. The number of nitrogens with zero attached hydrogens (tertiary/aromatic N) is 1. The van der Waals surface area contributed by atoms with E-state index < -0.39 is 0 Å². The fourth-order valence-corrected chi connectivity index (χ4v) is 2.45. The van der Waals surface area contributed by atoms with Gasteiger partial charge in [-0.3, -0.25) is 0 Å². The van der Waals surface area contributed by atoms with E-state index >= 15 is 0 Å². The monoisotopic (exact) mass is 247 g/mol. The Bertz CT molecular complexity index is 452. The molecule has 2 rings (SSSR count). The summed E-state index contributed by atoms with van der Waals surface area (Å²) in [5.41, 5.74) is 2.29. The molecule has 0 fully saturated rings. The molecule has 0 saturated heterocycles. The van der Waals surface area contributed by atoms with Crippen molar-refractivity contribution < 1.29 is 5.11 Å². The molecule has 0 aliphatic heterocycles. The van der Waals surface area contributed by atoms with Crippen molar-refractivity contribution in [2.75, 3.05) is 0 Å².